The Morgan fingerprint density at radius 3 is 2.13 bits per heavy atom. The second-order valence-electron chi connectivity index (χ2n) is 3.70. The molecule has 0 bridgehead atoms. The standard InChI is InChI=1S/C11H16BrNO2/c1-6-3-8(12)4-7(2)10(6)11(15)9(14)5-13/h3-4,9,11,14-15H,5,13H2,1-2H3. The number of halogens is 1. The molecule has 2 atom stereocenters. The molecule has 0 spiro atoms. The minimum atomic E-state index is -0.914. The molecule has 4 N–H and O–H groups in total. The Morgan fingerprint density at radius 1 is 1.27 bits per heavy atom. The maximum absolute atomic E-state index is 9.90. The first-order valence-corrected chi connectivity index (χ1v) is 5.59. The maximum Gasteiger partial charge on any atom is 0.107 e. The zero-order valence-electron chi connectivity index (χ0n) is 8.87. The zero-order valence-corrected chi connectivity index (χ0v) is 10.5. The van der Waals surface area contributed by atoms with Crippen LogP contribution in [0.25, 0.3) is 0 Å². The molecule has 3 nitrogen and oxygen atoms in total. The summed E-state index contributed by atoms with van der Waals surface area (Å²) in [6, 6.07) is 3.82. The zero-order chi connectivity index (χ0) is 11.6. The van der Waals surface area contributed by atoms with Gasteiger partial charge in [0.05, 0.1) is 6.10 Å². The molecular formula is C11H16BrNO2. The number of aliphatic hydroxyl groups excluding tert-OH is 2. The topological polar surface area (TPSA) is 66.5 Å². The highest BCUT2D eigenvalue weighted by molar-refractivity contribution is 9.10. The number of rotatable bonds is 3. The van der Waals surface area contributed by atoms with Gasteiger partial charge in [-0.2, -0.15) is 0 Å². The molecule has 15 heavy (non-hydrogen) atoms. The van der Waals surface area contributed by atoms with Gasteiger partial charge in [-0.15, -0.1) is 0 Å². The van der Waals surface area contributed by atoms with Gasteiger partial charge in [0.2, 0.25) is 0 Å². The first-order valence-electron chi connectivity index (χ1n) is 4.80. The van der Waals surface area contributed by atoms with Crippen molar-refractivity contribution in [2.24, 2.45) is 5.73 Å². The minimum absolute atomic E-state index is 0.0517. The SMILES string of the molecule is Cc1cc(Br)cc(C)c1C(O)C(O)CN. The smallest absolute Gasteiger partial charge is 0.107 e. The van der Waals surface area contributed by atoms with Crippen molar-refractivity contribution in [2.75, 3.05) is 6.54 Å². The van der Waals surface area contributed by atoms with Crippen molar-refractivity contribution in [2.45, 2.75) is 26.1 Å². The summed E-state index contributed by atoms with van der Waals surface area (Å²) in [7, 11) is 0. The third-order valence-electron chi connectivity index (χ3n) is 2.46. The van der Waals surface area contributed by atoms with E-state index in [0.717, 1.165) is 21.2 Å². The van der Waals surface area contributed by atoms with Crippen LogP contribution in [0.3, 0.4) is 0 Å². The van der Waals surface area contributed by atoms with Gasteiger partial charge in [0.25, 0.3) is 0 Å². The summed E-state index contributed by atoms with van der Waals surface area (Å²) in [5.41, 5.74) is 7.97. The Morgan fingerprint density at radius 2 is 1.73 bits per heavy atom. The summed E-state index contributed by atoms with van der Waals surface area (Å²) in [6.07, 6.45) is -1.83. The Bertz CT molecular complexity index is 331. The van der Waals surface area contributed by atoms with Gasteiger partial charge in [-0.25, -0.2) is 0 Å². The molecule has 84 valence electrons. The lowest BCUT2D eigenvalue weighted by Crippen LogP contribution is -2.28. The van der Waals surface area contributed by atoms with Crippen LogP contribution in [0, 0.1) is 13.8 Å². The highest BCUT2D eigenvalue weighted by Crippen LogP contribution is 2.27. The van der Waals surface area contributed by atoms with Crippen molar-refractivity contribution in [3.63, 3.8) is 0 Å². The fraction of sp³-hybridized carbons (Fsp3) is 0.455. The Hall–Kier alpha value is -0.420. The van der Waals surface area contributed by atoms with E-state index in [9.17, 15) is 10.2 Å². The summed E-state index contributed by atoms with van der Waals surface area (Å²) in [5.74, 6) is 0. The largest absolute Gasteiger partial charge is 0.389 e. The summed E-state index contributed by atoms with van der Waals surface area (Å²) < 4.78 is 0.968. The van der Waals surface area contributed by atoms with E-state index in [1.54, 1.807) is 0 Å². The van der Waals surface area contributed by atoms with E-state index >= 15 is 0 Å². The number of nitrogens with two attached hydrogens (primary N) is 1. The third-order valence-corrected chi connectivity index (χ3v) is 2.92. The summed E-state index contributed by atoms with van der Waals surface area (Å²) in [6.45, 7) is 3.86. The normalized spacial score (nSPS) is 15.1. The molecular weight excluding hydrogens is 258 g/mol. The van der Waals surface area contributed by atoms with Crippen LogP contribution in [0.5, 0.6) is 0 Å². The number of hydrogen-bond acceptors (Lipinski definition) is 3. The molecule has 0 saturated heterocycles. The predicted molar refractivity (Wildman–Crippen MR) is 63.6 cm³/mol. The quantitative estimate of drug-likeness (QED) is 0.781. The first-order chi connectivity index (χ1) is 6.97. The average Bonchev–Trinajstić information content (AvgIpc) is 2.14. The van der Waals surface area contributed by atoms with Crippen LogP contribution in [-0.2, 0) is 0 Å². The van der Waals surface area contributed by atoms with Crippen LogP contribution >= 0.6 is 15.9 Å². The minimum Gasteiger partial charge on any atom is -0.389 e. The van der Waals surface area contributed by atoms with Crippen LogP contribution in [0.4, 0.5) is 0 Å². The van der Waals surface area contributed by atoms with Crippen LogP contribution in [-0.4, -0.2) is 22.9 Å². The molecule has 0 aliphatic rings. The summed E-state index contributed by atoms with van der Waals surface area (Å²) in [4.78, 5) is 0. The van der Waals surface area contributed by atoms with Crippen molar-refractivity contribution in [1.82, 2.24) is 0 Å². The number of hydrogen-bond donors (Lipinski definition) is 3. The second kappa shape index (κ2) is 5.07. The van der Waals surface area contributed by atoms with Gasteiger partial charge in [-0.3, -0.25) is 0 Å². The van der Waals surface area contributed by atoms with E-state index in [1.807, 2.05) is 26.0 Å². The molecule has 0 fully saturated rings. The summed E-state index contributed by atoms with van der Waals surface area (Å²) >= 11 is 3.38. The monoisotopic (exact) mass is 273 g/mol. The van der Waals surface area contributed by atoms with Gasteiger partial charge < -0.3 is 15.9 Å². The molecule has 4 heteroatoms. The lowest BCUT2D eigenvalue weighted by atomic mass is 9.95. The van der Waals surface area contributed by atoms with E-state index in [0.29, 0.717) is 0 Å². The van der Waals surface area contributed by atoms with Gasteiger partial charge in [-0.05, 0) is 42.7 Å². The van der Waals surface area contributed by atoms with Gasteiger partial charge in [0.15, 0.2) is 0 Å². The molecule has 1 aromatic rings. The molecule has 1 aromatic carbocycles. The first kappa shape index (κ1) is 12.6. The van der Waals surface area contributed by atoms with E-state index < -0.39 is 12.2 Å². The highest BCUT2D eigenvalue weighted by Gasteiger charge is 2.20. The van der Waals surface area contributed by atoms with Crippen LogP contribution in [0.1, 0.15) is 22.8 Å². The van der Waals surface area contributed by atoms with Crippen molar-refractivity contribution >= 4 is 15.9 Å². The number of benzene rings is 1. The van der Waals surface area contributed by atoms with Crippen molar-refractivity contribution < 1.29 is 10.2 Å². The van der Waals surface area contributed by atoms with Gasteiger partial charge in [-0.1, -0.05) is 15.9 Å². The van der Waals surface area contributed by atoms with Crippen LogP contribution < -0.4 is 5.73 Å². The molecule has 0 aliphatic carbocycles. The summed E-state index contributed by atoms with van der Waals surface area (Å²) in [5, 5.41) is 19.4. The average molecular weight is 274 g/mol. The number of aliphatic hydroxyl groups is 2. The lowest BCUT2D eigenvalue weighted by molar-refractivity contribution is 0.0236. The van der Waals surface area contributed by atoms with Crippen molar-refractivity contribution in [1.29, 1.82) is 0 Å². The molecule has 0 aromatic heterocycles. The van der Waals surface area contributed by atoms with Gasteiger partial charge in [0.1, 0.15) is 6.10 Å². The van der Waals surface area contributed by atoms with E-state index in [1.165, 1.54) is 0 Å². The molecule has 0 saturated carbocycles. The molecule has 0 heterocycles. The van der Waals surface area contributed by atoms with Crippen molar-refractivity contribution in [3.8, 4) is 0 Å². The third kappa shape index (κ3) is 2.78. The van der Waals surface area contributed by atoms with Gasteiger partial charge >= 0.3 is 0 Å². The molecule has 0 aliphatic heterocycles. The highest BCUT2D eigenvalue weighted by atomic mass is 79.9. The fourth-order valence-electron chi connectivity index (χ4n) is 1.71. The van der Waals surface area contributed by atoms with E-state index in [2.05, 4.69) is 15.9 Å². The van der Waals surface area contributed by atoms with E-state index in [-0.39, 0.29) is 6.54 Å². The fourth-order valence-corrected chi connectivity index (χ4v) is 2.40. The Kier molecular flexibility index (Phi) is 4.28. The van der Waals surface area contributed by atoms with Crippen LogP contribution in [0.15, 0.2) is 16.6 Å². The number of aryl methyl sites for hydroxylation is 2. The van der Waals surface area contributed by atoms with Crippen molar-refractivity contribution in [3.05, 3.63) is 33.3 Å². The molecule has 0 amide bonds. The molecule has 1 rings (SSSR count). The van der Waals surface area contributed by atoms with E-state index in [4.69, 9.17) is 5.73 Å². The predicted octanol–water partition coefficient (Wildman–Crippen LogP) is 1.42. The molecule has 2 unspecified atom stereocenters. The second-order valence-corrected chi connectivity index (χ2v) is 4.62. The maximum atomic E-state index is 9.90. The molecule has 0 radical (unpaired) electrons. The van der Waals surface area contributed by atoms with Gasteiger partial charge in [0, 0.05) is 11.0 Å². The Labute approximate surface area is 98.1 Å². The lowest BCUT2D eigenvalue weighted by Gasteiger charge is -2.20. The Balaban J connectivity index is 3.13. The van der Waals surface area contributed by atoms with Crippen LogP contribution in [0.2, 0.25) is 0 Å².